The summed E-state index contributed by atoms with van der Waals surface area (Å²) in [6, 6.07) is 4.42. The highest BCUT2D eigenvalue weighted by Gasteiger charge is 2.15. The minimum Gasteiger partial charge on any atom is -0.361 e. The Morgan fingerprint density at radius 3 is 2.76 bits per heavy atom. The predicted molar refractivity (Wildman–Crippen MR) is 66.6 cm³/mol. The summed E-state index contributed by atoms with van der Waals surface area (Å²) in [6.07, 6.45) is 2.05. The van der Waals surface area contributed by atoms with Gasteiger partial charge in [-0.3, -0.25) is 0 Å². The van der Waals surface area contributed by atoms with E-state index in [-0.39, 0.29) is 6.04 Å². The lowest BCUT2D eigenvalue weighted by Crippen LogP contribution is -2.20. The van der Waals surface area contributed by atoms with Crippen molar-refractivity contribution < 1.29 is 4.52 Å². The summed E-state index contributed by atoms with van der Waals surface area (Å²) >= 11 is 0. The molecular weight excluding hydrogens is 214 g/mol. The molecule has 2 rings (SSSR count). The second-order valence-electron chi connectivity index (χ2n) is 4.45. The minimum absolute atomic E-state index is 0.246. The van der Waals surface area contributed by atoms with Gasteiger partial charge in [0.05, 0.1) is 5.69 Å². The quantitative estimate of drug-likeness (QED) is 0.882. The zero-order valence-corrected chi connectivity index (χ0v) is 10.8. The van der Waals surface area contributed by atoms with Crippen molar-refractivity contribution in [3.63, 3.8) is 0 Å². The molecule has 0 aliphatic heterocycles. The molecular formula is C13H19N3O. The van der Waals surface area contributed by atoms with Gasteiger partial charge in [-0.05, 0) is 32.9 Å². The van der Waals surface area contributed by atoms with Gasteiger partial charge >= 0.3 is 0 Å². The topological polar surface area (TPSA) is 43.0 Å². The smallest absolute Gasteiger partial charge is 0.138 e. The highest BCUT2D eigenvalue weighted by Crippen LogP contribution is 2.21. The van der Waals surface area contributed by atoms with E-state index in [2.05, 4.69) is 47.3 Å². The van der Waals surface area contributed by atoms with Gasteiger partial charge in [-0.15, -0.1) is 0 Å². The second kappa shape index (κ2) is 4.75. The maximum atomic E-state index is 5.18. The van der Waals surface area contributed by atoms with Gasteiger partial charge < -0.3 is 14.4 Å². The number of hydrogen-bond donors (Lipinski definition) is 1. The van der Waals surface area contributed by atoms with Crippen molar-refractivity contribution in [1.29, 1.82) is 0 Å². The van der Waals surface area contributed by atoms with Crippen molar-refractivity contribution in [2.24, 2.45) is 7.05 Å². The van der Waals surface area contributed by atoms with E-state index in [1.54, 1.807) is 0 Å². The molecule has 0 saturated heterocycles. The molecule has 0 bridgehead atoms. The normalized spacial score (nSPS) is 12.9. The van der Waals surface area contributed by atoms with E-state index >= 15 is 0 Å². The van der Waals surface area contributed by atoms with Crippen LogP contribution in [0.25, 0.3) is 0 Å². The average Bonchev–Trinajstić information content (AvgIpc) is 2.83. The number of rotatable bonds is 4. The number of nitrogens with one attached hydrogen (secondary N) is 1. The Morgan fingerprint density at radius 2 is 2.24 bits per heavy atom. The van der Waals surface area contributed by atoms with Crippen LogP contribution < -0.4 is 5.32 Å². The van der Waals surface area contributed by atoms with Gasteiger partial charge in [-0.1, -0.05) is 5.16 Å². The van der Waals surface area contributed by atoms with Crippen molar-refractivity contribution in [2.45, 2.75) is 33.4 Å². The summed E-state index contributed by atoms with van der Waals surface area (Å²) < 4.78 is 7.30. The van der Waals surface area contributed by atoms with Crippen molar-refractivity contribution >= 4 is 0 Å². The van der Waals surface area contributed by atoms with E-state index in [0.29, 0.717) is 0 Å². The lowest BCUT2D eigenvalue weighted by Gasteiger charge is -2.14. The Balaban J connectivity index is 2.03. The molecule has 0 aliphatic rings. The predicted octanol–water partition coefficient (Wildman–Crippen LogP) is 2.48. The molecule has 92 valence electrons. The zero-order valence-electron chi connectivity index (χ0n) is 10.8. The number of aryl methyl sites for hydroxylation is 3. The fraction of sp³-hybridized carbons (Fsp3) is 0.462. The van der Waals surface area contributed by atoms with Crippen LogP contribution in [-0.4, -0.2) is 9.72 Å². The first kappa shape index (κ1) is 11.9. The first-order valence-electron chi connectivity index (χ1n) is 5.86. The molecule has 2 aromatic rings. The van der Waals surface area contributed by atoms with Crippen molar-refractivity contribution in [1.82, 2.24) is 15.0 Å². The molecule has 2 heterocycles. The summed E-state index contributed by atoms with van der Waals surface area (Å²) in [6.45, 7) is 6.91. The third kappa shape index (κ3) is 2.42. The molecule has 4 heteroatoms. The van der Waals surface area contributed by atoms with Gasteiger partial charge in [0.2, 0.25) is 0 Å². The van der Waals surface area contributed by atoms with Gasteiger partial charge in [0, 0.05) is 37.1 Å². The van der Waals surface area contributed by atoms with E-state index in [1.165, 1.54) is 11.3 Å². The standard InChI is InChI=1S/C13H19N3O/c1-9(13-10(2)15-17-11(13)3)14-8-12-6-5-7-16(12)4/h5-7,9,14H,8H2,1-4H3. The molecule has 0 aliphatic carbocycles. The van der Waals surface area contributed by atoms with Crippen LogP contribution in [0.5, 0.6) is 0 Å². The summed E-state index contributed by atoms with van der Waals surface area (Å²) in [7, 11) is 2.05. The molecule has 0 amide bonds. The molecule has 1 N–H and O–H groups in total. The molecule has 1 atom stereocenters. The van der Waals surface area contributed by atoms with E-state index in [0.717, 1.165) is 18.0 Å². The van der Waals surface area contributed by atoms with Crippen LogP contribution in [0.4, 0.5) is 0 Å². The van der Waals surface area contributed by atoms with Gasteiger partial charge in [0.1, 0.15) is 5.76 Å². The molecule has 1 unspecified atom stereocenters. The van der Waals surface area contributed by atoms with E-state index < -0.39 is 0 Å². The Kier molecular flexibility index (Phi) is 3.33. The van der Waals surface area contributed by atoms with Crippen LogP contribution in [0.15, 0.2) is 22.9 Å². The fourth-order valence-corrected chi connectivity index (χ4v) is 2.15. The molecule has 0 aromatic carbocycles. The second-order valence-corrected chi connectivity index (χ2v) is 4.45. The summed E-state index contributed by atoms with van der Waals surface area (Å²) in [5.41, 5.74) is 3.40. The van der Waals surface area contributed by atoms with Crippen LogP contribution in [0, 0.1) is 13.8 Å². The number of hydrogen-bond acceptors (Lipinski definition) is 3. The van der Waals surface area contributed by atoms with Gasteiger partial charge in [-0.25, -0.2) is 0 Å². The average molecular weight is 233 g/mol. The van der Waals surface area contributed by atoms with E-state index in [1.807, 2.05) is 13.8 Å². The minimum atomic E-state index is 0.246. The van der Waals surface area contributed by atoms with Crippen LogP contribution in [0.1, 0.15) is 35.7 Å². The summed E-state index contributed by atoms with van der Waals surface area (Å²) in [5.74, 6) is 0.898. The molecule has 0 spiro atoms. The lowest BCUT2D eigenvalue weighted by molar-refractivity contribution is 0.390. The zero-order chi connectivity index (χ0) is 12.4. The van der Waals surface area contributed by atoms with Crippen molar-refractivity contribution in [2.75, 3.05) is 0 Å². The lowest BCUT2D eigenvalue weighted by atomic mass is 10.1. The molecule has 4 nitrogen and oxygen atoms in total. The van der Waals surface area contributed by atoms with Gasteiger partial charge in [0.15, 0.2) is 0 Å². The van der Waals surface area contributed by atoms with Crippen molar-refractivity contribution in [3.8, 4) is 0 Å². The highest BCUT2D eigenvalue weighted by atomic mass is 16.5. The highest BCUT2D eigenvalue weighted by molar-refractivity contribution is 5.24. The molecule has 0 saturated carbocycles. The van der Waals surface area contributed by atoms with Crippen LogP contribution in [-0.2, 0) is 13.6 Å². The Labute approximate surface area is 102 Å². The van der Waals surface area contributed by atoms with Crippen LogP contribution >= 0.6 is 0 Å². The first-order chi connectivity index (χ1) is 8.09. The van der Waals surface area contributed by atoms with Crippen molar-refractivity contribution in [3.05, 3.63) is 41.0 Å². The van der Waals surface area contributed by atoms with Gasteiger partial charge in [0.25, 0.3) is 0 Å². The third-order valence-corrected chi connectivity index (χ3v) is 3.16. The molecule has 2 aromatic heterocycles. The molecule has 0 fully saturated rings. The van der Waals surface area contributed by atoms with Crippen LogP contribution in [0.2, 0.25) is 0 Å². The van der Waals surface area contributed by atoms with Gasteiger partial charge in [-0.2, -0.15) is 0 Å². The maximum Gasteiger partial charge on any atom is 0.138 e. The Hall–Kier alpha value is -1.55. The number of nitrogens with zero attached hydrogens (tertiary/aromatic N) is 2. The number of aromatic nitrogens is 2. The third-order valence-electron chi connectivity index (χ3n) is 3.16. The maximum absolute atomic E-state index is 5.18. The Morgan fingerprint density at radius 1 is 1.47 bits per heavy atom. The fourth-order valence-electron chi connectivity index (χ4n) is 2.15. The summed E-state index contributed by atoms with van der Waals surface area (Å²) in [5, 5.41) is 7.47. The molecule has 0 radical (unpaired) electrons. The largest absolute Gasteiger partial charge is 0.361 e. The van der Waals surface area contributed by atoms with E-state index in [4.69, 9.17) is 4.52 Å². The monoisotopic (exact) mass is 233 g/mol. The Bertz CT molecular complexity index is 479. The molecule has 17 heavy (non-hydrogen) atoms. The van der Waals surface area contributed by atoms with E-state index in [9.17, 15) is 0 Å². The summed E-state index contributed by atoms with van der Waals surface area (Å²) in [4.78, 5) is 0. The van der Waals surface area contributed by atoms with Crippen LogP contribution in [0.3, 0.4) is 0 Å². The first-order valence-corrected chi connectivity index (χ1v) is 5.86. The SMILES string of the molecule is Cc1noc(C)c1C(C)NCc1cccn1C.